The third-order valence-electron chi connectivity index (χ3n) is 6.53. The van der Waals surface area contributed by atoms with E-state index in [-0.39, 0.29) is 30.7 Å². The lowest BCUT2D eigenvalue weighted by Gasteiger charge is -2.19. The number of imide groups is 1. The molecule has 0 saturated carbocycles. The lowest BCUT2D eigenvalue weighted by atomic mass is 9.80. The maximum absolute atomic E-state index is 13.1. The molecule has 4 heterocycles. The molecule has 0 spiro atoms. The highest BCUT2D eigenvalue weighted by Crippen LogP contribution is 2.49. The van der Waals surface area contributed by atoms with Crippen LogP contribution in [-0.4, -0.2) is 50.9 Å². The van der Waals surface area contributed by atoms with Crippen molar-refractivity contribution in [2.45, 2.75) is 38.5 Å². The van der Waals surface area contributed by atoms with Crippen LogP contribution in [0.15, 0.2) is 54.1 Å². The van der Waals surface area contributed by atoms with Gasteiger partial charge in [-0.3, -0.25) is 24.1 Å². The number of fused-ring (bicyclic) bond motifs is 5. The number of pyridine rings is 1. The molecule has 2 N–H and O–H groups in total. The Morgan fingerprint density at radius 2 is 1.82 bits per heavy atom. The monoisotopic (exact) mass is 461 g/mol. The number of nitrogens with zero attached hydrogens (tertiary/aromatic N) is 2. The van der Waals surface area contributed by atoms with Gasteiger partial charge >= 0.3 is 5.97 Å². The van der Waals surface area contributed by atoms with E-state index in [0.29, 0.717) is 17.8 Å². The topological polar surface area (TPSA) is 126 Å². The van der Waals surface area contributed by atoms with Gasteiger partial charge in [0.25, 0.3) is 5.91 Å². The van der Waals surface area contributed by atoms with Gasteiger partial charge in [0.2, 0.25) is 11.8 Å². The summed E-state index contributed by atoms with van der Waals surface area (Å²) in [7, 11) is 0. The highest BCUT2D eigenvalue weighted by atomic mass is 16.5. The standard InChI is InChI=1S/C25H23N3O6/c1-13-3-2-4-18(26-13)27-23(31)15-7-5-14(6-8-15)12-28-24(32)20-17-11-16(9-10-19(29)30)22(34-17)21(20)25(28)33/h2-8,11,17,20-22H,9-10,12H2,1H3,(H,29,30)(H,26,27,31)/t17-,20+,21+,22+/m1/s1. The first-order valence-corrected chi connectivity index (χ1v) is 11.1. The fourth-order valence-corrected chi connectivity index (χ4v) is 4.92. The molecule has 34 heavy (non-hydrogen) atoms. The minimum Gasteiger partial charge on any atom is -0.481 e. The zero-order valence-electron chi connectivity index (χ0n) is 18.4. The van der Waals surface area contributed by atoms with Crippen LogP contribution >= 0.6 is 0 Å². The van der Waals surface area contributed by atoms with Gasteiger partial charge in [0, 0.05) is 17.7 Å². The molecule has 3 aliphatic rings. The second-order valence-corrected chi connectivity index (χ2v) is 8.79. The Morgan fingerprint density at radius 3 is 2.53 bits per heavy atom. The Hall–Kier alpha value is -3.85. The first kappa shape index (κ1) is 22.0. The molecule has 9 nitrogen and oxygen atoms in total. The molecule has 3 aliphatic heterocycles. The molecule has 2 saturated heterocycles. The van der Waals surface area contributed by atoms with Gasteiger partial charge in [0.1, 0.15) is 5.82 Å². The fourth-order valence-electron chi connectivity index (χ4n) is 4.92. The van der Waals surface area contributed by atoms with Gasteiger partial charge in [-0.15, -0.1) is 0 Å². The van der Waals surface area contributed by atoms with Crippen LogP contribution < -0.4 is 5.32 Å². The number of nitrogens with one attached hydrogen (secondary N) is 1. The first-order chi connectivity index (χ1) is 16.3. The number of aryl methyl sites for hydroxylation is 1. The van der Waals surface area contributed by atoms with Gasteiger partial charge in [0.05, 0.1) is 30.6 Å². The second kappa shape index (κ2) is 8.49. The number of hydrogen-bond donors (Lipinski definition) is 2. The lowest BCUT2D eigenvalue weighted by molar-refractivity contribution is -0.143. The summed E-state index contributed by atoms with van der Waals surface area (Å²) in [5, 5.41) is 11.7. The summed E-state index contributed by atoms with van der Waals surface area (Å²) in [6.07, 6.45) is 1.06. The number of carboxylic acids is 1. The molecule has 1 aromatic carbocycles. The number of rotatable bonds is 7. The van der Waals surface area contributed by atoms with Crippen molar-refractivity contribution in [2.75, 3.05) is 5.32 Å². The van der Waals surface area contributed by atoms with Crippen LogP contribution in [0.2, 0.25) is 0 Å². The Kier molecular flexibility index (Phi) is 5.49. The molecule has 0 radical (unpaired) electrons. The van der Waals surface area contributed by atoms with E-state index in [1.807, 2.05) is 19.1 Å². The van der Waals surface area contributed by atoms with Crippen molar-refractivity contribution in [2.24, 2.45) is 11.8 Å². The van der Waals surface area contributed by atoms with Crippen molar-refractivity contribution in [3.63, 3.8) is 0 Å². The van der Waals surface area contributed by atoms with Gasteiger partial charge in [0.15, 0.2) is 0 Å². The summed E-state index contributed by atoms with van der Waals surface area (Å²) >= 11 is 0. The van der Waals surface area contributed by atoms with Gasteiger partial charge in [-0.1, -0.05) is 24.3 Å². The number of benzene rings is 1. The molecule has 1 aromatic heterocycles. The van der Waals surface area contributed by atoms with E-state index in [4.69, 9.17) is 9.84 Å². The molecule has 3 amide bonds. The number of carbonyl (C=O) groups excluding carboxylic acids is 3. The van der Waals surface area contributed by atoms with Crippen LogP contribution in [0, 0.1) is 18.8 Å². The van der Waals surface area contributed by atoms with Gasteiger partial charge in [-0.2, -0.15) is 0 Å². The summed E-state index contributed by atoms with van der Waals surface area (Å²) in [5.74, 6) is -2.48. The summed E-state index contributed by atoms with van der Waals surface area (Å²) in [4.78, 5) is 55.0. The zero-order chi connectivity index (χ0) is 24.0. The number of hydrogen-bond acceptors (Lipinski definition) is 6. The van der Waals surface area contributed by atoms with E-state index < -0.39 is 30.0 Å². The quantitative estimate of drug-likeness (QED) is 0.479. The number of amides is 3. The van der Waals surface area contributed by atoms with Gasteiger partial charge < -0.3 is 15.2 Å². The predicted octanol–water partition coefficient (Wildman–Crippen LogP) is 2.32. The molecule has 2 bridgehead atoms. The third kappa shape index (κ3) is 3.88. The maximum Gasteiger partial charge on any atom is 0.303 e. The van der Waals surface area contributed by atoms with E-state index in [0.717, 1.165) is 16.8 Å². The number of likely N-dealkylation sites (tertiary alicyclic amines) is 1. The smallest absolute Gasteiger partial charge is 0.303 e. The van der Waals surface area contributed by atoms with Gasteiger partial charge in [-0.05, 0) is 48.7 Å². The Morgan fingerprint density at radius 1 is 1.09 bits per heavy atom. The molecule has 0 aliphatic carbocycles. The van der Waals surface area contributed by atoms with Crippen LogP contribution in [0.5, 0.6) is 0 Å². The highest BCUT2D eigenvalue weighted by molar-refractivity contribution is 6.07. The van der Waals surface area contributed by atoms with Crippen LogP contribution in [0.3, 0.4) is 0 Å². The number of aliphatic carboxylic acids is 1. The maximum atomic E-state index is 13.1. The molecular formula is C25H23N3O6. The number of anilines is 1. The van der Waals surface area contributed by atoms with Gasteiger partial charge in [-0.25, -0.2) is 4.98 Å². The summed E-state index contributed by atoms with van der Waals surface area (Å²) in [5.41, 5.74) is 2.73. The zero-order valence-corrected chi connectivity index (χ0v) is 18.4. The molecule has 0 unspecified atom stereocenters. The molecule has 9 heteroatoms. The van der Waals surface area contributed by atoms with Crippen LogP contribution in [0.4, 0.5) is 5.82 Å². The van der Waals surface area contributed by atoms with E-state index in [9.17, 15) is 19.2 Å². The van der Waals surface area contributed by atoms with E-state index in [1.54, 1.807) is 36.4 Å². The number of aromatic nitrogens is 1. The Bertz CT molecular complexity index is 1220. The molecule has 5 rings (SSSR count). The SMILES string of the molecule is Cc1cccc(NC(=O)c2ccc(CN3C(=O)[C@@H]4[C@H](C3=O)[C@H]3O[C@@H]4C=C3CCC(=O)O)cc2)n1. The lowest BCUT2D eigenvalue weighted by Crippen LogP contribution is -2.34. The van der Waals surface area contributed by atoms with Crippen molar-refractivity contribution in [3.05, 3.63) is 70.9 Å². The predicted molar refractivity (Wildman–Crippen MR) is 120 cm³/mol. The third-order valence-corrected chi connectivity index (χ3v) is 6.53. The van der Waals surface area contributed by atoms with E-state index >= 15 is 0 Å². The summed E-state index contributed by atoms with van der Waals surface area (Å²) in [6.45, 7) is 1.94. The highest BCUT2D eigenvalue weighted by Gasteiger charge is 2.62. The average Bonchev–Trinajstić information content (AvgIpc) is 3.45. The molecule has 2 fully saturated rings. The largest absolute Gasteiger partial charge is 0.481 e. The fraction of sp³-hybridized carbons (Fsp3) is 0.320. The Balaban J connectivity index is 1.24. The van der Waals surface area contributed by atoms with Crippen molar-refractivity contribution in [1.29, 1.82) is 0 Å². The number of carboxylic acid groups (broad SMARTS) is 1. The van der Waals surface area contributed by atoms with Crippen molar-refractivity contribution < 1.29 is 29.0 Å². The minimum atomic E-state index is -0.914. The summed E-state index contributed by atoms with van der Waals surface area (Å²) < 4.78 is 5.82. The van der Waals surface area contributed by atoms with E-state index in [1.165, 1.54) is 4.90 Å². The van der Waals surface area contributed by atoms with Crippen molar-refractivity contribution in [1.82, 2.24) is 9.88 Å². The molecule has 2 aromatic rings. The average molecular weight is 461 g/mol. The molecule has 174 valence electrons. The normalized spacial score (nSPS) is 24.9. The number of ether oxygens (including phenoxy) is 1. The Labute approximate surface area is 195 Å². The molecular weight excluding hydrogens is 438 g/mol. The minimum absolute atomic E-state index is 0.0402. The van der Waals surface area contributed by atoms with Crippen molar-refractivity contribution >= 4 is 29.5 Å². The van der Waals surface area contributed by atoms with Crippen molar-refractivity contribution in [3.8, 4) is 0 Å². The van der Waals surface area contributed by atoms with Crippen LogP contribution in [0.1, 0.15) is 34.5 Å². The summed E-state index contributed by atoms with van der Waals surface area (Å²) in [6, 6.07) is 12.1. The number of carbonyl (C=O) groups is 4. The van der Waals surface area contributed by atoms with E-state index in [2.05, 4.69) is 10.3 Å². The second-order valence-electron chi connectivity index (χ2n) is 8.79. The molecule has 4 atom stereocenters. The van der Waals surface area contributed by atoms with Crippen LogP contribution in [0.25, 0.3) is 0 Å². The van der Waals surface area contributed by atoms with Crippen LogP contribution in [-0.2, 0) is 25.7 Å². The first-order valence-electron chi connectivity index (χ1n) is 11.1.